The number of thiophene rings is 1. The van der Waals surface area contributed by atoms with Crippen molar-refractivity contribution >= 4 is 39.0 Å². The number of nitrogens with one attached hydrogen (secondary N) is 1. The monoisotopic (exact) mass is 373 g/mol. The standard InChI is InChI=1S/C19H16FNO4S/c1-11(18(22)21-12-6-8-13(24-2)9-7-12)25-19(23)17-10-14-15(20)4-3-5-16(14)26-17/h3-11H,1-2H3,(H,21,22)/t11-/m0/s1. The first-order valence-electron chi connectivity index (χ1n) is 7.82. The second-order valence-electron chi connectivity index (χ2n) is 5.53. The highest BCUT2D eigenvalue weighted by Gasteiger charge is 2.21. The van der Waals surface area contributed by atoms with Gasteiger partial charge in [0.05, 0.1) is 7.11 Å². The Morgan fingerprint density at radius 2 is 1.88 bits per heavy atom. The van der Waals surface area contributed by atoms with Crippen molar-refractivity contribution < 1.29 is 23.5 Å². The highest BCUT2D eigenvalue weighted by Crippen LogP contribution is 2.28. The third kappa shape index (κ3) is 3.83. The van der Waals surface area contributed by atoms with Gasteiger partial charge in [-0.2, -0.15) is 0 Å². The lowest BCUT2D eigenvalue weighted by atomic mass is 10.2. The summed E-state index contributed by atoms with van der Waals surface area (Å²) in [6.07, 6.45) is -1.00. The molecule has 0 bridgehead atoms. The van der Waals surface area contributed by atoms with Crippen LogP contribution in [0.1, 0.15) is 16.6 Å². The van der Waals surface area contributed by atoms with E-state index in [-0.39, 0.29) is 4.88 Å². The third-order valence-corrected chi connectivity index (χ3v) is 4.80. The molecule has 1 aromatic heterocycles. The Balaban J connectivity index is 1.65. The maximum absolute atomic E-state index is 13.7. The lowest BCUT2D eigenvalue weighted by Crippen LogP contribution is -2.29. The molecule has 2 aromatic carbocycles. The smallest absolute Gasteiger partial charge is 0.349 e. The van der Waals surface area contributed by atoms with Crippen LogP contribution in [-0.4, -0.2) is 25.1 Å². The number of rotatable bonds is 5. The Kier molecular flexibility index (Phi) is 5.18. The van der Waals surface area contributed by atoms with Gasteiger partial charge in [0.15, 0.2) is 6.10 Å². The summed E-state index contributed by atoms with van der Waals surface area (Å²) in [5, 5.41) is 3.02. The van der Waals surface area contributed by atoms with Crippen LogP contribution < -0.4 is 10.1 Å². The van der Waals surface area contributed by atoms with Gasteiger partial charge in [0, 0.05) is 15.8 Å². The maximum Gasteiger partial charge on any atom is 0.349 e. The molecule has 3 aromatic rings. The molecule has 0 unspecified atom stereocenters. The zero-order valence-electron chi connectivity index (χ0n) is 14.1. The highest BCUT2D eigenvalue weighted by molar-refractivity contribution is 7.20. The van der Waals surface area contributed by atoms with Gasteiger partial charge in [-0.05, 0) is 49.4 Å². The fraction of sp³-hybridized carbons (Fsp3) is 0.158. The molecular weight excluding hydrogens is 357 g/mol. The van der Waals surface area contributed by atoms with Crippen LogP contribution in [0, 0.1) is 5.82 Å². The van der Waals surface area contributed by atoms with E-state index in [0.29, 0.717) is 21.5 Å². The van der Waals surface area contributed by atoms with E-state index in [1.54, 1.807) is 43.5 Å². The lowest BCUT2D eigenvalue weighted by molar-refractivity contribution is -0.123. The minimum absolute atomic E-state index is 0.245. The third-order valence-electron chi connectivity index (χ3n) is 3.72. The van der Waals surface area contributed by atoms with Gasteiger partial charge in [0.1, 0.15) is 16.4 Å². The Morgan fingerprint density at radius 1 is 1.15 bits per heavy atom. The molecule has 0 fully saturated rings. The quantitative estimate of drug-likeness (QED) is 0.680. The van der Waals surface area contributed by atoms with Crippen molar-refractivity contribution in [2.24, 2.45) is 0 Å². The molecule has 1 heterocycles. The van der Waals surface area contributed by atoms with Crippen LogP contribution in [0.5, 0.6) is 5.75 Å². The van der Waals surface area contributed by atoms with Gasteiger partial charge < -0.3 is 14.8 Å². The topological polar surface area (TPSA) is 64.6 Å². The van der Waals surface area contributed by atoms with Crippen molar-refractivity contribution in [2.45, 2.75) is 13.0 Å². The highest BCUT2D eigenvalue weighted by atomic mass is 32.1. The molecule has 5 nitrogen and oxygen atoms in total. The van der Waals surface area contributed by atoms with Crippen LogP contribution in [0.3, 0.4) is 0 Å². The summed E-state index contributed by atoms with van der Waals surface area (Å²) in [5.74, 6) is -0.860. The molecule has 7 heteroatoms. The molecule has 0 radical (unpaired) electrons. The number of fused-ring (bicyclic) bond motifs is 1. The molecule has 1 N–H and O–H groups in total. The average Bonchev–Trinajstić information content (AvgIpc) is 3.08. The molecular formula is C19H16FNO4S. The van der Waals surface area contributed by atoms with Crippen LogP contribution in [0.4, 0.5) is 10.1 Å². The summed E-state index contributed by atoms with van der Waals surface area (Å²) >= 11 is 1.12. The fourth-order valence-corrected chi connectivity index (χ4v) is 3.27. The van der Waals surface area contributed by atoms with Crippen LogP contribution in [0.25, 0.3) is 10.1 Å². The first kappa shape index (κ1) is 17.9. The summed E-state index contributed by atoms with van der Waals surface area (Å²) in [5.41, 5.74) is 0.558. The zero-order chi connectivity index (χ0) is 18.7. The molecule has 26 heavy (non-hydrogen) atoms. The number of ether oxygens (including phenoxy) is 2. The first-order chi connectivity index (χ1) is 12.5. The second kappa shape index (κ2) is 7.53. The van der Waals surface area contributed by atoms with E-state index < -0.39 is 23.8 Å². The molecule has 1 amide bonds. The van der Waals surface area contributed by atoms with Crippen LogP contribution in [-0.2, 0) is 9.53 Å². The van der Waals surface area contributed by atoms with Crippen molar-refractivity contribution in [1.82, 2.24) is 0 Å². The van der Waals surface area contributed by atoms with Crippen molar-refractivity contribution in [3.8, 4) is 5.75 Å². The normalized spacial score (nSPS) is 11.8. The molecule has 0 saturated carbocycles. The van der Waals surface area contributed by atoms with Gasteiger partial charge in [0.25, 0.3) is 5.91 Å². The Bertz CT molecular complexity index is 952. The SMILES string of the molecule is COc1ccc(NC(=O)[C@H](C)OC(=O)c2cc3c(F)cccc3s2)cc1. The number of hydrogen-bond acceptors (Lipinski definition) is 5. The maximum atomic E-state index is 13.7. The number of carbonyl (C=O) groups is 2. The molecule has 0 spiro atoms. The van der Waals surface area contributed by atoms with E-state index in [2.05, 4.69) is 5.32 Å². The van der Waals surface area contributed by atoms with E-state index >= 15 is 0 Å². The summed E-state index contributed by atoms with van der Waals surface area (Å²) in [7, 11) is 1.55. The summed E-state index contributed by atoms with van der Waals surface area (Å²) < 4.78 is 24.6. The zero-order valence-corrected chi connectivity index (χ0v) is 14.9. The van der Waals surface area contributed by atoms with Crippen molar-refractivity contribution in [2.75, 3.05) is 12.4 Å². The van der Waals surface area contributed by atoms with E-state index in [4.69, 9.17) is 9.47 Å². The predicted octanol–water partition coefficient (Wildman–Crippen LogP) is 4.23. The van der Waals surface area contributed by atoms with Gasteiger partial charge in [0.2, 0.25) is 0 Å². The largest absolute Gasteiger partial charge is 0.497 e. The van der Waals surface area contributed by atoms with Crippen LogP contribution in [0.15, 0.2) is 48.5 Å². The number of anilines is 1. The van der Waals surface area contributed by atoms with Crippen molar-refractivity contribution in [3.05, 3.63) is 59.2 Å². The minimum Gasteiger partial charge on any atom is -0.497 e. The predicted molar refractivity (Wildman–Crippen MR) is 98.3 cm³/mol. The number of methoxy groups -OCH3 is 1. The molecule has 0 aliphatic heterocycles. The molecule has 1 atom stereocenters. The fourth-order valence-electron chi connectivity index (χ4n) is 2.32. The van der Waals surface area contributed by atoms with Crippen molar-refractivity contribution in [1.29, 1.82) is 0 Å². The van der Waals surface area contributed by atoms with E-state index in [9.17, 15) is 14.0 Å². The van der Waals surface area contributed by atoms with Gasteiger partial charge in [-0.3, -0.25) is 4.79 Å². The van der Waals surface area contributed by atoms with Gasteiger partial charge >= 0.3 is 5.97 Å². The van der Waals surface area contributed by atoms with E-state index in [0.717, 1.165) is 11.3 Å². The Labute approximate surface area is 153 Å². The molecule has 134 valence electrons. The van der Waals surface area contributed by atoms with Gasteiger partial charge in [-0.1, -0.05) is 6.07 Å². The molecule has 0 saturated heterocycles. The summed E-state index contributed by atoms with van der Waals surface area (Å²) in [6.45, 7) is 1.48. The number of halogens is 1. The molecule has 3 rings (SSSR count). The molecule has 0 aliphatic rings. The number of carbonyl (C=O) groups excluding carboxylic acids is 2. The first-order valence-corrected chi connectivity index (χ1v) is 8.63. The van der Waals surface area contributed by atoms with Crippen LogP contribution in [0.2, 0.25) is 0 Å². The summed E-state index contributed by atoms with van der Waals surface area (Å²) in [6, 6.07) is 12.8. The average molecular weight is 373 g/mol. The molecule has 0 aliphatic carbocycles. The van der Waals surface area contributed by atoms with Gasteiger partial charge in [-0.15, -0.1) is 11.3 Å². The van der Waals surface area contributed by atoms with Crippen molar-refractivity contribution in [3.63, 3.8) is 0 Å². The van der Waals surface area contributed by atoms with E-state index in [1.165, 1.54) is 19.1 Å². The number of amides is 1. The number of esters is 1. The minimum atomic E-state index is -1.00. The Morgan fingerprint density at radius 3 is 2.54 bits per heavy atom. The van der Waals surface area contributed by atoms with E-state index in [1.807, 2.05) is 0 Å². The Hall–Kier alpha value is -2.93. The number of benzene rings is 2. The number of hydrogen-bond donors (Lipinski definition) is 1. The van der Waals surface area contributed by atoms with Gasteiger partial charge in [-0.25, -0.2) is 9.18 Å². The lowest BCUT2D eigenvalue weighted by Gasteiger charge is -2.13. The van der Waals surface area contributed by atoms with Crippen LogP contribution >= 0.6 is 11.3 Å². The summed E-state index contributed by atoms with van der Waals surface area (Å²) in [4.78, 5) is 24.7. The second-order valence-corrected chi connectivity index (χ2v) is 6.61.